The molecule has 0 spiro atoms. The number of piperidine rings is 1. The van der Waals surface area contributed by atoms with Crippen molar-refractivity contribution in [1.82, 2.24) is 15.2 Å². The van der Waals surface area contributed by atoms with Crippen LogP contribution in [0.25, 0.3) is 0 Å². The summed E-state index contributed by atoms with van der Waals surface area (Å²) >= 11 is 1.19. The van der Waals surface area contributed by atoms with Gasteiger partial charge in [-0.25, -0.2) is 0 Å². The van der Waals surface area contributed by atoms with Gasteiger partial charge in [0, 0.05) is 29.6 Å². The van der Waals surface area contributed by atoms with E-state index in [4.69, 9.17) is 4.74 Å². The molecule has 7 heteroatoms. The van der Waals surface area contributed by atoms with Gasteiger partial charge in [0.15, 0.2) is 0 Å². The van der Waals surface area contributed by atoms with Crippen LogP contribution in [-0.4, -0.2) is 43.8 Å². The summed E-state index contributed by atoms with van der Waals surface area (Å²) in [5.41, 5.74) is 0.874. The lowest BCUT2D eigenvalue weighted by Gasteiger charge is -2.37. The highest BCUT2D eigenvalue weighted by Crippen LogP contribution is 2.28. The molecule has 0 radical (unpaired) electrons. The minimum atomic E-state index is -0.114. The molecular weight excluding hydrogens is 302 g/mol. The Balaban J connectivity index is 1.95. The van der Waals surface area contributed by atoms with Crippen LogP contribution in [-0.2, 0) is 16.1 Å². The topological polar surface area (TPSA) is 72.4 Å². The minimum absolute atomic E-state index is 0.000227. The van der Waals surface area contributed by atoms with Gasteiger partial charge in [-0.15, -0.1) is 0 Å². The van der Waals surface area contributed by atoms with Crippen LogP contribution in [0.2, 0.25) is 0 Å². The number of ether oxygens (including phenoxy) is 1. The zero-order chi connectivity index (χ0) is 16.2. The molecule has 0 atom stereocenters. The number of aromatic nitrogens is 1. The van der Waals surface area contributed by atoms with Gasteiger partial charge < -0.3 is 15.4 Å². The maximum absolute atomic E-state index is 12.2. The lowest BCUT2D eigenvalue weighted by molar-refractivity contribution is -0.122. The first-order valence-corrected chi connectivity index (χ1v) is 8.42. The molecule has 0 aromatic carbocycles. The number of hydrogen-bond donors (Lipinski definition) is 2. The molecule has 22 heavy (non-hydrogen) atoms. The molecule has 2 N–H and O–H groups in total. The Kier molecular flexibility index (Phi) is 5.77. The van der Waals surface area contributed by atoms with Gasteiger partial charge in [-0.2, -0.15) is 0 Å². The second-order valence-corrected chi connectivity index (χ2v) is 7.22. The second-order valence-electron chi connectivity index (χ2n) is 6.06. The van der Waals surface area contributed by atoms with E-state index in [0.717, 1.165) is 36.5 Å². The van der Waals surface area contributed by atoms with Crippen molar-refractivity contribution >= 4 is 17.2 Å². The second kappa shape index (κ2) is 7.39. The van der Waals surface area contributed by atoms with Gasteiger partial charge in [0.2, 0.25) is 5.91 Å². The number of carbonyl (C=O) groups is 1. The molecule has 1 aromatic rings. The van der Waals surface area contributed by atoms with Crippen LogP contribution in [0.15, 0.2) is 4.79 Å². The lowest BCUT2D eigenvalue weighted by atomic mass is 9.79. The van der Waals surface area contributed by atoms with Crippen molar-refractivity contribution in [2.24, 2.45) is 5.41 Å². The summed E-state index contributed by atoms with van der Waals surface area (Å²) in [7, 11) is 1.70. The quantitative estimate of drug-likeness (QED) is 0.805. The van der Waals surface area contributed by atoms with E-state index >= 15 is 0 Å². The summed E-state index contributed by atoms with van der Waals surface area (Å²) in [5, 5.41) is 6.32. The van der Waals surface area contributed by atoms with E-state index in [1.54, 1.807) is 11.7 Å². The van der Waals surface area contributed by atoms with Crippen molar-refractivity contribution in [3.8, 4) is 0 Å². The average molecular weight is 327 g/mol. The normalized spacial score (nSPS) is 17.4. The van der Waals surface area contributed by atoms with E-state index < -0.39 is 0 Å². The molecule has 1 fully saturated rings. The van der Waals surface area contributed by atoms with Crippen molar-refractivity contribution in [1.29, 1.82) is 0 Å². The zero-order valence-electron chi connectivity index (χ0n) is 13.5. The summed E-state index contributed by atoms with van der Waals surface area (Å²) in [6.45, 7) is 7.00. The number of rotatable bonds is 6. The number of amides is 1. The molecule has 0 aliphatic carbocycles. The van der Waals surface area contributed by atoms with Gasteiger partial charge in [0.25, 0.3) is 0 Å². The monoisotopic (exact) mass is 327 g/mol. The first-order valence-electron chi connectivity index (χ1n) is 7.61. The number of hydrogen-bond acceptors (Lipinski definition) is 5. The zero-order valence-corrected chi connectivity index (χ0v) is 14.3. The van der Waals surface area contributed by atoms with E-state index in [1.165, 1.54) is 11.3 Å². The van der Waals surface area contributed by atoms with Crippen molar-refractivity contribution in [3.63, 3.8) is 0 Å². The van der Waals surface area contributed by atoms with Crippen LogP contribution in [0.5, 0.6) is 0 Å². The fourth-order valence-corrected chi connectivity index (χ4v) is 3.72. The number of nitrogens with one attached hydrogen (secondary N) is 2. The summed E-state index contributed by atoms with van der Waals surface area (Å²) in [6, 6.07) is 0. The predicted octanol–water partition coefficient (Wildman–Crippen LogP) is 0.659. The van der Waals surface area contributed by atoms with Gasteiger partial charge in [0.05, 0.1) is 6.61 Å². The highest BCUT2D eigenvalue weighted by atomic mass is 32.1. The van der Waals surface area contributed by atoms with E-state index in [2.05, 4.69) is 10.6 Å². The molecule has 124 valence electrons. The summed E-state index contributed by atoms with van der Waals surface area (Å²) in [6.07, 6.45) is 1.97. The maximum atomic E-state index is 12.2. The van der Waals surface area contributed by atoms with Gasteiger partial charge in [-0.1, -0.05) is 11.3 Å². The van der Waals surface area contributed by atoms with Gasteiger partial charge in [-0.05, 0) is 39.8 Å². The highest BCUT2D eigenvalue weighted by molar-refractivity contribution is 7.09. The molecule has 2 rings (SSSR count). The Bertz CT molecular complexity index is 568. The molecule has 6 nitrogen and oxygen atoms in total. The molecule has 1 aliphatic rings. The van der Waals surface area contributed by atoms with E-state index in [9.17, 15) is 9.59 Å². The van der Waals surface area contributed by atoms with Crippen molar-refractivity contribution in [3.05, 3.63) is 20.2 Å². The van der Waals surface area contributed by atoms with Crippen LogP contribution in [0.1, 0.15) is 23.4 Å². The van der Waals surface area contributed by atoms with Gasteiger partial charge >= 0.3 is 4.87 Å². The molecule has 0 bridgehead atoms. The summed E-state index contributed by atoms with van der Waals surface area (Å²) < 4.78 is 6.89. The Labute approximate surface area is 134 Å². The third kappa shape index (κ3) is 3.97. The summed E-state index contributed by atoms with van der Waals surface area (Å²) in [4.78, 5) is 24.9. The van der Waals surface area contributed by atoms with Crippen LogP contribution < -0.4 is 15.5 Å². The highest BCUT2D eigenvalue weighted by Gasteiger charge is 2.32. The number of carbonyl (C=O) groups excluding carboxylic acids is 1. The first kappa shape index (κ1) is 17.2. The predicted molar refractivity (Wildman–Crippen MR) is 87.5 cm³/mol. The fraction of sp³-hybridized carbons (Fsp3) is 0.733. The molecule has 1 amide bonds. The third-order valence-corrected chi connectivity index (χ3v) is 5.45. The lowest BCUT2D eigenvalue weighted by Crippen LogP contribution is -2.47. The molecule has 0 unspecified atom stereocenters. The third-order valence-electron chi connectivity index (χ3n) is 4.45. The number of aryl methyl sites for hydroxylation is 1. The number of thiazole rings is 1. The molecule has 1 aliphatic heterocycles. The average Bonchev–Trinajstić information content (AvgIpc) is 2.73. The van der Waals surface area contributed by atoms with Crippen LogP contribution >= 0.6 is 11.3 Å². The van der Waals surface area contributed by atoms with E-state index in [-0.39, 0.29) is 22.7 Å². The SMILES string of the molecule is COCC1(CNC(=O)Cn2c(C)c(C)sc2=O)CCNCC1. The van der Waals surface area contributed by atoms with Gasteiger partial charge in [0.1, 0.15) is 6.54 Å². The maximum Gasteiger partial charge on any atom is 0.308 e. The Morgan fingerprint density at radius 1 is 1.41 bits per heavy atom. The smallest absolute Gasteiger partial charge is 0.308 e. The first-order chi connectivity index (χ1) is 10.5. The largest absolute Gasteiger partial charge is 0.384 e. The Hall–Kier alpha value is -1.18. The number of methoxy groups -OCH3 is 1. The van der Waals surface area contributed by atoms with Gasteiger partial charge in [-0.3, -0.25) is 14.2 Å². The standard InChI is InChI=1S/C15H25N3O3S/c1-11-12(2)22-14(20)18(11)8-13(19)17-9-15(10-21-3)4-6-16-7-5-15/h16H,4-10H2,1-3H3,(H,17,19). The molecular formula is C15H25N3O3S. The van der Waals surface area contributed by atoms with Crippen LogP contribution in [0.4, 0.5) is 0 Å². The van der Waals surface area contributed by atoms with Crippen LogP contribution in [0.3, 0.4) is 0 Å². The minimum Gasteiger partial charge on any atom is -0.384 e. The molecule has 1 saturated heterocycles. The Morgan fingerprint density at radius 3 is 2.64 bits per heavy atom. The molecule has 2 heterocycles. The van der Waals surface area contributed by atoms with E-state index in [0.29, 0.717) is 13.2 Å². The molecule has 0 saturated carbocycles. The van der Waals surface area contributed by atoms with Crippen LogP contribution in [0, 0.1) is 19.3 Å². The van der Waals surface area contributed by atoms with Crippen molar-refractivity contribution in [2.45, 2.75) is 33.2 Å². The fourth-order valence-electron chi connectivity index (χ4n) is 2.89. The van der Waals surface area contributed by atoms with Crippen molar-refractivity contribution in [2.75, 3.05) is 33.4 Å². The summed E-state index contributed by atoms with van der Waals surface area (Å²) in [5.74, 6) is -0.114. The van der Waals surface area contributed by atoms with Crippen molar-refractivity contribution < 1.29 is 9.53 Å². The molecule has 1 aromatic heterocycles. The van der Waals surface area contributed by atoms with E-state index in [1.807, 2.05) is 13.8 Å². The number of nitrogens with zero attached hydrogens (tertiary/aromatic N) is 1. The Morgan fingerprint density at radius 2 is 2.09 bits per heavy atom.